The quantitative estimate of drug-likeness (QED) is 0.571. The minimum absolute atomic E-state index is 0.0477. The second kappa shape index (κ2) is 9.07. The molecule has 0 fully saturated rings. The molecule has 1 N–H and O–H groups in total. The number of benzene rings is 1. The number of hydrogen-bond donors (Lipinski definition) is 1. The zero-order valence-electron chi connectivity index (χ0n) is 18.0. The molecule has 0 saturated carbocycles. The zero-order chi connectivity index (χ0) is 21.8. The van der Waals surface area contributed by atoms with Crippen molar-refractivity contribution in [1.82, 2.24) is 15.1 Å². The maximum atomic E-state index is 11.0. The number of carboxylic acid groups (broad SMARTS) is 1. The zero-order valence-corrected chi connectivity index (χ0v) is 18.0. The summed E-state index contributed by atoms with van der Waals surface area (Å²) in [6, 6.07) is 5.91. The van der Waals surface area contributed by atoms with Crippen molar-refractivity contribution >= 4 is 5.97 Å². The molecular formula is C23H27N3O4. The van der Waals surface area contributed by atoms with Crippen LogP contribution in [0.1, 0.15) is 49.4 Å². The van der Waals surface area contributed by atoms with Gasteiger partial charge >= 0.3 is 5.97 Å². The van der Waals surface area contributed by atoms with E-state index in [0.29, 0.717) is 24.0 Å². The van der Waals surface area contributed by atoms with E-state index in [1.165, 1.54) is 0 Å². The Hall–Kier alpha value is -3.22. The lowest BCUT2D eigenvalue weighted by molar-refractivity contribution is -0.136. The smallest absolute Gasteiger partial charge is 0.303 e. The molecule has 2 heterocycles. The van der Waals surface area contributed by atoms with Crippen LogP contribution in [0, 0.1) is 13.8 Å². The first-order valence-corrected chi connectivity index (χ1v) is 10.1. The molecule has 0 bridgehead atoms. The van der Waals surface area contributed by atoms with Gasteiger partial charge in [0, 0.05) is 23.7 Å². The SMILES string of the molecule is CCc1cc(-c2noc(-c3cnc(OC(C)C)c(C)c3)n2)cc(C)c1CCC(=O)O. The summed E-state index contributed by atoms with van der Waals surface area (Å²) in [5.74, 6) is 0.681. The van der Waals surface area contributed by atoms with Crippen molar-refractivity contribution in [2.75, 3.05) is 0 Å². The van der Waals surface area contributed by atoms with Crippen molar-refractivity contribution in [1.29, 1.82) is 0 Å². The highest BCUT2D eigenvalue weighted by Gasteiger charge is 2.16. The van der Waals surface area contributed by atoms with E-state index in [4.69, 9.17) is 14.4 Å². The molecule has 158 valence electrons. The number of aliphatic carboxylic acids is 1. The van der Waals surface area contributed by atoms with Gasteiger partial charge in [-0.25, -0.2) is 4.98 Å². The highest BCUT2D eigenvalue weighted by Crippen LogP contribution is 2.28. The van der Waals surface area contributed by atoms with Crippen LogP contribution in [0.2, 0.25) is 0 Å². The Balaban J connectivity index is 1.90. The number of carboxylic acids is 1. The average Bonchev–Trinajstić information content (AvgIpc) is 3.17. The molecule has 0 saturated heterocycles. The summed E-state index contributed by atoms with van der Waals surface area (Å²) in [4.78, 5) is 19.9. The molecule has 0 aliphatic rings. The second-order valence-electron chi connectivity index (χ2n) is 7.61. The molecule has 30 heavy (non-hydrogen) atoms. The van der Waals surface area contributed by atoms with Crippen LogP contribution in [0.5, 0.6) is 5.88 Å². The van der Waals surface area contributed by atoms with Gasteiger partial charge in [-0.15, -0.1) is 0 Å². The number of ether oxygens (including phenoxy) is 1. The van der Waals surface area contributed by atoms with E-state index < -0.39 is 5.97 Å². The Labute approximate surface area is 176 Å². The first kappa shape index (κ1) is 21.5. The summed E-state index contributed by atoms with van der Waals surface area (Å²) in [6.45, 7) is 9.89. The van der Waals surface area contributed by atoms with E-state index >= 15 is 0 Å². The van der Waals surface area contributed by atoms with Crippen LogP contribution in [0.3, 0.4) is 0 Å². The third-order valence-corrected chi connectivity index (χ3v) is 4.84. The van der Waals surface area contributed by atoms with Crippen molar-refractivity contribution < 1.29 is 19.2 Å². The van der Waals surface area contributed by atoms with Gasteiger partial charge in [-0.05, 0) is 75.4 Å². The predicted octanol–water partition coefficient (Wildman–Crippen LogP) is 4.78. The minimum Gasteiger partial charge on any atom is -0.481 e. The van der Waals surface area contributed by atoms with Crippen LogP contribution < -0.4 is 4.74 Å². The van der Waals surface area contributed by atoms with Gasteiger partial charge in [0.1, 0.15) is 0 Å². The Morgan fingerprint density at radius 2 is 1.90 bits per heavy atom. The summed E-state index contributed by atoms with van der Waals surface area (Å²) in [7, 11) is 0. The van der Waals surface area contributed by atoms with Gasteiger partial charge in [-0.2, -0.15) is 4.98 Å². The van der Waals surface area contributed by atoms with E-state index in [-0.39, 0.29) is 12.5 Å². The number of nitrogens with zero attached hydrogens (tertiary/aromatic N) is 3. The maximum absolute atomic E-state index is 11.0. The van der Waals surface area contributed by atoms with E-state index in [9.17, 15) is 4.79 Å². The highest BCUT2D eigenvalue weighted by atomic mass is 16.5. The van der Waals surface area contributed by atoms with Gasteiger partial charge in [0.05, 0.1) is 11.7 Å². The number of aryl methyl sites for hydroxylation is 3. The largest absolute Gasteiger partial charge is 0.481 e. The normalized spacial score (nSPS) is 11.1. The van der Waals surface area contributed by atoms with E-state index in [0.717, 1.165) is 39.8 Å². The van der Waals surface area contributed by atoms with E-state index in [2.05, 4.69) is 22.0 Å². The van der Waals surface area contributed by atoms with Crippen LogP contribution in [-0.2, 0) is 17.6 Å². The van der Waals surface area contributed by atoms with Gasteiger partial charge in [0.15, 0.2) is 0 Å². The Kier molecular flexibility index (Phi) is 6.50. The third-order valence-electron chi connectivity index (χ3n) is 4.84. The van der Waals surface area contributed by atoms with Gasteiger partial charge in [-0.3, -0.25) is 4.79 Å². The van der Waals surface area contributed by atoms with Crippen molar-refractivity contribution in [3.05, 3.63) is 46.6 Å². The van der Waals surface area contributed by atoms with Crippen LogP contribution >= 0.6 is 0 Å². The molecule has 3 aromatic rings. The molecule has 0 unspecified atom stereocenters. The van der Waals surface area contributed by atoms with Gasteiger partial charge in [0.2, 0.25) is 11.7 Å². The first-order valence-electron chi connectivity index (χ1n) is 10.1. The fraction of sp³-hybridized carbons (Fsp3) is 0.391. The lowest BCUT2D eigenvalue weighted by Gasteiger charge is -2.12. The fourth-order valence-corrected chi connectivity index (χ4v) is 3.41. The highest BCUT2D eigenvalue weighted by molar-refractivity contribution is 5.68. The lowest BCUT2D eigenvalue weighted by Crippen LogP contribution is -2.08. The van der Waals surface area contributed by atoms with Crippen molar-refractivity contribution in [2.45, 2.75) is 60.0 Å². The maximum Gasteiger partial charge on any atom is 0.303 e. The van der Waals surface area contributed by atoms with Crippen LogP contribution in [0.4, 0.5) is 0 Å². The molecule has 0 spiro atoms. The van der Waals surface area contributed by atoms with Crippen LogP contribution in [0.15, 0.2) is 28.9 Å². The van der Waals surface area contributed by atoms with Crippen LogP contribution in [0.25, 0.3) is 22.8 Å². The molecule has 0 aliphatic carbocycles. The topological polar surface area (TPSA) is 98.3 Å². The summed E-state index contributed by atoms with van der Waals surface area (Å²) in [5.41, 5.74) is 5.69. The van der Waals surface area contributed by atoms with Gasteiger partial charge < -0.3 is 14.4 Å². The summed E-state index contributed by atoms with van der Waals surface area (Å²) < 4.78 is 11.2. The minimum atomic E-state index is -0.794. The lowest BCUT2D eigenvalue weighted by atomic mass is 9.93. The fourth-order valence-electron chi connectivity index (χ4n) is 3.41. The van der Waals surface area contributed by atoms with E-state index in [1.807, 2.05) is 45.9 Å². The summed E-state index contributed by atoms with van der Waals surface area (Å²) in [6.07, 6.45) is 3.14. The molecule has 7 nitrogen and oxygen atoms in total. The van der Waals surface area contributed by atoms with Crippen molar-refractivity contribution in [3.8, 4) is 28.7 Å². The van der Waals surface area contributed by atoms with Gasteiger partial charge in [-0.1, -0.05) is 12.1 Å². The molecule has 7 heteroatoms. The molecule has 0 radical (unpaired) electrons. The number of hydrogen-bond acceptors (Lipinski definition) is 6. The Morgan fingerprint density at radius 1 is 1.17 bits per heavy atom. The Bertz CT molecular complexity index is 1060. The standard InChI is InChI=1S/C23H27N3O4/c1-6-16-11-17(9-14(4)19(16)7-8-20(27)28)21-25-23(30-26-21)18-10-15(5)22(24-12-18)29-13(2)3/h9-13H,6-8H2,1-5H3,(H,27,28). The predicted molar refractivity (Wildman–Crippen MR) is 114 cm³/mol. The van der Waals surface area contributed by atoms with Crippen molar-refractivity contribution in [3.63, 3.8) is 0 Å². The molecule has 0 amide bonds. The molecule has 1 aromatic carbocycles. The molecular weight excluding hydrogens is 382 g/mol. The number of rotatable bonds is 8. The van der Waals surface area contributed by atoms with Gasteiger partial charge in [0.25, 0.3) is 5.89 Å². The molecule has 0 aliphatic heterocycles. The molecule has 3 rings (SSSR count). The summed E-state index contributed by atoms with van der Waals surface area (Å²) >= 11 is 0. The number of aromatic nitrogens is 3. The van der Waals surface area contributed by atoms with Crippen LogP contribution in [-0.4, -0.2) is 32.3 Å². The third kappa shape index (κ3) is 4.84. The first-order chi connectivity index (χ1) is 14.3. The van der Waals surface area contributed by atoms with E-state index in [1.54, 1.807) is 6.20 Å². The molecule has 0 atom stereocenters. The number of carbonyl (C=O) groups is 1. The number of pyridine rings is 1. The summed E-state index contributed by atoms with van der Waals surface area (Å²) in [5, 5.41) is 13.2. The molecule has 2 aromatic heterocycles. The van der Waals surface area contributed by atoms with Crippen molar-refractivity contribution in [2.24, 2.45) is 0 Å². The second-order valence-corrected chi connectivity index (χ2v) is 7.61. The average molecular weight is 409 g/mol. The monoisotopic (exact) mass is 409 g/mol. The Morgan fingerprint density at radius 3 is 2.53 bits per heavy atom.